The zero-order chi connectivity index (χ0) is 11.7. The number of benzene rings is 1. The quantitative estimate of drug-likeness (QED) is 0.920. The zero-order valence-corrected chi connectivity index (χ0v) is 10.1. The second kappa shape index (κ2) is 4.09. The van der Waals surface area contributed by atoms with Gasteiger partial charge < -0.3 is 5.11 Å². The van der Waals surface area contributed by atoms with Crippen LogP contribution in [0.15, 0.2) is 34.9 Å². The number of nitrogens with zero attached hydrogens (tertiary/aromatic N) is 2. The maximum Gasteiger partial charge on any atom is 0.336 e. The number of aromatic nitrogens is 2. The number of rotatable bonds is 2. The van der Waals surface area contributed by atoms with Crippen LogP contribution in [0.2, 0.25) is 0 Å². The van der Waals surface area contributed by atoms with E-state index in [9.17, 15) is 4.79 Å². The number of aryl methyl sites for hydroxylation is 1. The van der Waals surface area contributed by atoms with Gasteiger partial charge in [0.05, 0.1) is 11.3 Å². The van der Waals surface area contributed by atoms with Crippen molar-refractivity contribution in [1.82, 2.24) is 9.78 Å². The lowest BCUT2D eigenvalue weighted by Crippen LogP contribution is -1.98. The molecule has 0 amide bonds. The van der Waals surface area contributed by atoms with Gasteiger partial charge in [0, 0.05) is 23.3 Å². The molecule has 1 N–H and O–H groups in total. The van der Waals surface area contributed by atoms with Gasteiger partial charge in [-0.05, 0) is 34.1 Å². The van der Waals surface area contributed by atoms with E-state index in [0.717, 1.165) is 11.3 Å². The normalized spacial score (nSPS) is 10.4. The van der Waals surface area contributed by atoms with E-state index in [4.69, 9.17) is 5.11 Å². The Morgan fingerprint density at radius 3 is 2.75 bits per heavy atom. The molecule has 0 fully saturated rings. The highest BCUT2D eigenvalue weighted by molar-refractivity contribution is 9.10. The maximum atomic E-state index is 11.0. The lowest BCUT2D eigenvalue weighted by Gasteiger charge is -2.02. The van der Waals surface area contributed by atoms with Crippen LogP contribution in [-0.2, 0) is 7.05 Å². The molecule has 0 unspecified atom stereocenters. The third-order valence-corrected chi connectivity index (χ3v) is 2.90. The lowest BCUT2D eigenvalue weighted by atomic mass is 10.1. The molecule has 0 spiro atoms. The van der Waals surface area contributed by atoms with Gasteiger partial charge in [0.2, 0.25) is 0 Å². The third kappa shape index (κ3) is 1.99. The van der Waals surface area contributed by atoms with Gasteiger partial charge in [-0.25, -0.2) is 4.79 Å². The summed E-state index contributed by atoms with van der Waals surface area (Å²) in [7, 11) is 1.82. The SMILES string of the molecule is Cn1ccc(-c2ccc(Br)c(C(=O)O)c2)n1. The fraction of sp³-hybridized carbons (Fsp3) is 0.0909. The summed E-state index contributed by atoms with van der Waals surface area (Å²) in [6, 6.07) is 7.00. The molecule has 0 saturated carbocycles. The smallest absolute Gasteiger partial charge is 0.336 e. The monoisotopic (exact) mass is 280 g/mol. The minimum atomic E-state index is -0.954. The number of hydrogen-bond acceptors (Lipinski definition) is 2. The first-order valence-electron chi connectivity index (χ1n) is 4.61. The van der Waals surface area contributed by atoms with Crippen molar-refractivity contribution >= 4 is 21.9 Å². The average Bonchev–Trinajstić information content (AvgIpc) is 2.65. The Hall–Kier alpha value is -1.62. The van der Waals surface area contributed by atoms with Crippen LogP contribution in [0.5, 0.6) is 0 Å². The highest BCUT2D eigenvalue weighted by Gasteiger charge is 2.10. The molecule has 0 aliphatic heterocycles. The van der Waals surface area contributed by atoms with Crippen molar-refractivity contribution in [3.8, 4) is 11.3 Å². The third-order valence-electron chi connectivity index (χ3n) is 2.21. The number of carboxylic acids is 1. The van der Waals surface area contributed by atoms with Crippen molar-refractivity contribution in [2.45, 2.75) is 0 Å². The summed E-state index contributed by atoms with van der Waals surface area (Å²) in [5.74, 6) is -0.954. The summed E-state index contributed by atoms with van der Waals surface area (Å²) >= 11 is 3.20. The Kier molecular flexibility index (Phi) is 2.78. The molecule has 1 aromatic heterocycles. The van der Waals surface area contributed by atoms with Gasteiger partial charge in [-0.3, -0.25) is 4.68 Å². The minimum absolute atomic E-state index is 0.239. The van der Waals surface area contributed by atoms with E-state index in [2.05, 4.69) is 21.0 Å². The highest BCUT2D eigenvalue weighted by atomic mass is 79.9. The topological polar surface area (TPSA) is 55.1 Å². The van der Waals surface area contributed by atoms with Crippen LogP contribution in [0, 0.1) is 0 Å². The van der Waals surface area contributed by atoms with Gasteiger partial charge in [0.1, 0.15) is 0 Å². The minimum Gasteiger partial charge on any atom is -0.478 e. The first kappa shape index (κ1) is 10.9. The second-order valence-electron chi connectivity index (χ2n) is 3.37. The predicted octanol–water partition coefficient (Wildman–Crippen LogP) is 2.55. The van der Waals surface area contributed by atoms with Crippen LogP contribution in [0.1, 0.15) is 10.4 Å². The summed E-state index contributed by atoms with van der Waals surface area (Å²) in [5.41, 5.74) is 1.79. The van der Waals surface area contributed by atoms with Crippen molar-refractivity contribution in [3.63, 3.8) is 0 Å². The van der Waals surface area contributed by atoms with Crippen LogP contribution in [0.25, 0.3) is 11.3 Å². The van der Waals surface area contributed by atoms with Crippen LogP contribution < -0.4 is 0 Å². The maximum absolute atomic E-state index is 11.0. The Morgan fingerprint density at radius 2 is 2.19 bits per heavy atom. The van der Waals surface area contributed by atoms with Crippen molar-refractivity contribution < 1.29 is 9.90 Å². The first-order valence-corrected chi connectivity index (χ1v) is 5.40. The fourth-order valence-corrected chi connectivity index (χ4v) is 1.83. The van der Waals surface area contributed by atoms with E-state index in [1.807, 2.05) is 25.4 Å². The van der Waals surface area contributed by atoms with Crippen molar-refractivity contribution in [2.24, 2.45) is 7.05 Å². The molecule has 0 radical (unpaired) electrons. The van der Waals surface area contributed by atoms with E-state index in [1.165, 1.54) is 0 Å². The first-order chi connectivity index (χ1) is 7.58. The van der Waals surface area contributed by atoms with Crippen LogP contribution in [-0.4, -0.2) is 20.9 Å². The van der Waals surface area contributed by atoms with Crippen molar-refractivity contribution in [1.29, 1.82) is 0 Å². The average molecular weight is 281 g/mol. The Balaban J connectivity index is 2.51. The van der Waals surface area contributed by atoms with Gasteiger partial charge in [0.25, 0.3) is 0 Å². The largest absolute Gasteiger partial charge is 0.478 e. The summed E-state index contributed by atoms with van der Waals surface area (Å²) in [5, 5.41) is 13.2. The van der Waals surface area contributed by atoms with Gasteiger partial charge in [-0.1, -0.05) is 6.07 Å². The molecule has 0 saturated heterocycles. The molecule has 2 aromatic rings. The molecule has 5 heteroatoms. The van der Waals surface area contributed by atoms with Crippen LogP contribution in [0.3, 0.4) is 0 Å². The van der Waals surface area contributed by atoms with Crippen LogP contribution in [0.4, 0.5) is 0 Å². The molecule has 1 heterocycles. The summed E-state index contributed by atoms with van der Waals surface area (Å²) in [6.07, 6.45) is 1.82. The van der Waals surface area contributed by atoms with Gasteiger partial charge >= 0.3 is 5.97 Å². The molecule has 82 valence electrons. The number of aromatic carboxylic acids is 1. The summed E-state index contributed by atoms with van der Waals surface area (Å²) in [4.78, 5) is 11.0. The Bertz CT molecular complexity index is 549. The number of halogens is 1. The van der Waals surface area contributed by atoms with E-state index < -0.39 is 5.97 Å². The van der Waals surface area contributed by atoms with E-state index in [1.54, 1.807) is 16.8 Å². The van der Waals surface area contributed by atoms with Crippen molar-refractivity contribution in [2.75, 3.05) is 0 Å². The molecule has 16 heavy (non-hydrogen) atoms. The Labute approximate surface area is 101 Å². The van der Waals surface area contributed by atoms with Crippen LogP contribution >= 0.6 is 15.9 Å². The molecular formula is C11H9BrN2O2. The summed E-state index contributed by atoms with van der Waals surface area (Å²) in [6.45, 7) is 0. The number of hydrogen-bond donors (Lipinski definition) is 1. The van der Waals surface area contributed by atoms with Gasteiger partial charge in [-0.15, -0.1) is 0 Å². The molecule has 0 atom stereocenters. The molecule has 0 bridgehead atoms. The fourth-order valence-electron chi connectivity index (χ4n) is 1.42. The number of carbonyl (C=O) groups is 1. The molecule has 0 aliphatic rings. The molecule has 1 aromatic carbocycles. The van der Waals surface area contributed by atoms with E-state index in [0.29, 0.717) is 4.47 Å². The van der Waals surface area contributed by atoms with Crippen molar-refractivity contribution in [3.05, 3.63) is 40.5 Å². The van der Waals surface area contributed by atoms with Gasteiger partial charge in [-0.2, -0.15) is 5.10 Å². The molecular weight excluding hydrogens is 272 g/mol. The molecule has 2 rings (SSSR count). The van der Waals surface area contributed by atoms with E-state index in [-0.39, 0.29) is 5.56 Å². The predicted molar refractivity (Wildman–Crippen MR) is 63.3 cm³/mol. The second-order valence-corrected chi connectivity index (χ2v) is 4.23. The zero-order valence-electron chi connectivity index (χ0n) is 8.51. The summed E-state index contributed by atoms with van der Waals surface area (Å²) < 4.78 is 2.25. The van der Waals surface area contributed by atoms with Gasteiger partial charge in [0.15, 0.2) is 0 Å². The standard InChI is InChI=1S/C11H9BrN2O2/c1-14-5-4-10(13-14)7-2-3-9(12)8(6-7)11(15)16/h2-6H,1H3,(H,15,16). The van der Waals surface area contributed by atoms with E-state index >= 15 is 0 Å². The highest BCUT2D eigenvalue weighted by Crippen LogP contribution is 2.24. The molecule has 0 aliphatic carbocycles. The number of carboxylic acid groups (broad SMARTS) is 1. The Morgan fingerprint density at radius 1 is 1.44 bits per heavy atom. The molecule has 4 nitrogen and oxygen atoms in total. The lowest BCUT2D eigenvalue weighted by molar-refractivity contribution is 0.0696.